The molecule has 1 amide bonds. The van der Waals surface area contributed by atoms with Gasteiger partial charge in [-0.15, -0.1) is 11.3 Å². The summed E-state index contributed by atoms with van der Waals surface area (Å²) in [7, 11) is 0. The predicted octanol–water partition coefficient (Wildman–Crippen LogP) is 5.02. The van der Waals surface area contributed by atoms with Crippen LogP contribution in [0, 0.1) is 0 Å². The van der Waals surface area contributed by atoms with E-state index in [1.807, 2.05) is 53.8 Å². The van der Waals surface area contributed by atoms with Gasteiger partial charge in [0.15, 0.2) is 0 Å². The van der Waals surface area contributed by atoms with Gasteiger partial charge in [-0.1, -0.05) is 48.5 Å². The number of hydrogen-bond donors (Lipinski definition) is 1. The van der Waals surface area contributed by atoms with Crippen molar-refractivity contribution in [2.75, 3.05) is 26.2 Å². The molecule has 0 aliphatic carbocycles. The average molecular weight is 391 g/mol. The van der Waals surface area contributed by atoms with Crippen molar-refractivity contribution in [1.82, 2.24) is 10.2 Å². The summed E-state index contributed by atoms with van der Waals surface area (Å²) in [6.45, 7) is 3.85. The largest absolute Gasteiger partial charge is 0.351 e. The van der Waals surface area contributed by atoms with Gasteiger partial charge in [-0.2, -0.15) is 0 Å². The van der Waals surface area contributed by atoms with Crippen LogP contribution in [0.2, 0.25) is 0 Å². The van der Waals surface area contributed by atoms with Gasteiger partial charge in [-0.05, 0) is 66.6 Å². The summed E-state index contributed by atoms with van der Waals surface area (Å²) in [5.74, 6) is 0.724. The van der Waals surface area contributed by atoms with Gasteiger partial charge in [0.25, 0.3) is 5.91 Å². The number of nitrogens with one attached hydrogen (secondary N) is 1. The van der Waals surface area contributed by atoms with E-state index in [0.717, 1.165) is 30.8 Å². The Balaban J connectivity index is 1.22. The minimum absolute atomic E-state index is 0.00748. The van der Waals surface area contributed by atoms with E-state index in [2.05, 4.69) is 39.9 Å². The molecule has 2 aromatic carbocycles. The molecule has 4 rings (SSSR count). The number of likely N-dealkylation sites (tertiary alicyclic amines) is 1. The first kappa shape index (κ1) is 18.9. The summed E-state index contributed by atoms with van der Waals surface area (Å²) in [5, 5.41) is 5.24. The van der Waals surface area contributed by atoms with Gasteiger partial charge in [0.1, 0.15) is 0 Å². The van der Waals surface area contributed by atoms with Crippen molar-refractivity contribution in [3.63, 3.8) is 0 Å². The van der Waals surface area contributed by atoms with Gasteiger partial charge in [0.2, 0.25) is 0 Å². The molecule has 1 fully saturated rings. The second-order valence-electron chi connectivity index (χ2n) is 7.33. The molecule has 4 heteroatoms. The molecule has 144 valence electrons. The molecular formula is C24H26N2OS. The Hall–Kier alpha value is -2.43. The molecule has 3 aromatic rings. The zero-order chi connectivity index (χ0) is 19.2. The molecule has 1 N–H and O–H groups in total. The van der Waals surface area contributed by atoms with Crippen LogP contribution in [0.1, 0.15) is 34.0 Å². The fourth-order valence-corrected chi connectivity index (χ4v) is 4.74. The van der Waals surface area contributed by atoms with Crippen molar-refractivity contribution in [3.05, 3.63) is 82.6 Å². The standard InChI is InChI=1S/C24H26N2OS/c27-24(22-10-8-20(9-11-22)19-5-2-1-3-6-19)25-14-17-26-15-12-21(13-16-26)23-7-4-18-28-23/h1-11,18,21H,12-17H2,(H,25,27). The third-order valence-electron chi connectivity index (χ3n) is 5.50. The van der Waals surface area contributed by atoms with Gasteiger partial charge < -0.3 is 10.2 Å². The van der Waals surface area contributed by atoms with Crippen LogP contribution in [0.3, 0.4) is 0 Å². The lowest BCUT2D eigenvalue weighted by Gasteiger charge is -2.31. The van der Waals surface area contributed by atoms with Gasteiger partial charge in [0, 0.05) is 23.5 Å². The molecule has 1 aliphatic rings. The molecule has 0 saturated carbocycles. The predicted molar refractivity (Wildman–Crippen MR) is 117 cm³/mol. The van der Waals surface area contributed by atoms with Crippen LogP contribution in [0.4, 0.5) is 0 Å². The highest BCUT2D eigenvalue weighted by molar-refractivity contribution is 7.10. The highest BCUT2D eigenvalue weighted by Gasteiger charge is 2.20. The highest BCUT2D eigenvalue weighted by atomic mass is 32.1. The van der Waals surface area contributed by atoms with E-state index < -0.39 is 0 Å². The van der Waals surface area contributed by atoms with E-state index in [1.54, 1.807) is 0 Å². The number of benzene rings is 2. The van der Waals surface area contributed by atoms with Gasteiger partial charge in [-0.3, -0.25) is 4.79 Å². The Morgan fingerprint density at radius 1 is 0.929 bits per heavy atom. The number of hydrogen-bond acceptors (Lipinski definition) is 3. The molecular weight excluding hydrogens is 364 g/mol. The lowest BCUT2D eigenvalue weighted by molar-refractivity contribution is 0.0946. The van der Waals surface area contributed by atoms with Crippen LogP contribution in [-0.4, -0.2) is 37.0 Å². The number of carbonyl (C=O) groups is 1. The molecule has 1 aromatic heterocycles. The molecule has 3 nitrogen and oxygen atoms in total. The SMILES string of the molecule is O=C(NCCN1CCC(c2cccs2)CC1)c1ccc(-c2ccccc2)cc1. The Labute approximate surface area is 171 Å². The maximum absolute atomic E-state index is 12.4. The number of piperidine rings is 1. The number of carbonyl (C=O) groups excluding carboxylic acids is 1. The maximum Gasteiger partial charge on any atom is 0.251 e. The first-order valence-electron chi connectivity index (χ1n) is 9.99. The first-order chi connectivity index (χ1) is 13.8. The van der Waals surface area contributed by atoms with E-state index in [4.69, 9.17) is 0 Å². The maximum atomic E-state index is 12.4. The van der Waals surface area contributed by atoms with Crippen molar-refractivity contribution in [1.29, 1.82) is 0 Å². The number of nitrogens with zero attached hydrogens (tertiary/aromatic N) is 1. The molecule has 0 spiro atoms. The average Bonchev–Trinajstić information content (AvgIpc) is 3.30. The van der Waals surface area contributed by atoms with E-state index in [0.29, 0.717) is 12.5 Å². The Morgan fingerprint density at radius 2 is 1.64 bits per heavy atom. The quantitative estimate of drug-likeness (QED) is 0.641. The zero-order valence-corrected chi connectivity index (χ0v) is 16.8. The lowest BCUT2D eigenvalue weighted by Crippen LogP contribution is -2.39. The van der Waals surface area contributed by atoms with Crippen molar-refractivity contribution in [2.45, 2.75) is 18.8 Å². The van der Waals surface area contributed by atoms with Crippen molar-refractivity contribution in [2.24, 2.45) is 0 Å². The van der Waals surface area contributed by atoms with Crippen LogP contribution in [0.25, 0.3) is 11.1 Å². The van der Waals surface area contributed by atoms with Gasteiger partial charge in [0.05, 0.1) is 0 Å². The molecule has 2 heterocycles. The van der Waals surface area contributed by atoms with Gasteiger partial charge in [-0.25, -0.2) is 0 Å². The molecule has 0 bridgehead atoms. The van der Waals surface area contributed by atoms with Crippen LogP contribution < -0.4 is 5.32 Å². The van der Waals surface area contributed by atoms with E-state index in [1.165, 1.54) is 23.3 Å². The van der Waals surface area contributed by atoms with Gasteiger partial charge >= 0.3 is 0 Å². The van der Waals surface area contributed by atoms with Crippen LogP contribution in [-0.2, 0) is 0 Å². The third-order valence-corrected chi connectivity index (χ3v) is 6.54. The first-order valence-corrected chi connectivity index (χ1v) is 10.9. The molecule has 0 atom stereocenters. The summed E-state index contributed by atoms with van der Waals surface area (Å²) in [4.78, 5) is 16.4. The third kappa shape index (κ3) is 4.70. The number of thiophene rings is 1. The summed E-state index contributed by atoms with van der Waals surface area (Å²) in [6, 6.07) is 22.5. The van der Waals surface area contributed by atoms with Crippen LogP contribution >= 0.6 is 11.3 Å². The summed E-state index contributed by atoms with van der Waals surface area (Å²) >= 11 is 1.87. The molecule has 28 heavy (non-hydrogen) atoms. The minimum Gasteiger partial charge on any atom is -0.351 e. The summed E-state index contributed by atoms with van der Waals surface area (Å²) in [5.41, 5.74) is 3.02. The normalized spacial score (nSPS) is 15.4. The summed E-state index contributed by atoms with van der Waals surface area (Å²) < 4.78 is 0. The van der Waals surface area contributed by atoms with Crippen molar-refractivity contribution < 1.29 is 4.79 Å². The van der Waals surface area contributed by atoms with E-state index >= 15 is 0 Å². The Morgan fingerprint density at radius 3 is 2.32 bits per heavy atom. The van der Waals surface area contributed by atoms with Crippen LogP contribution in [0.15, 0.2) is 72.1 Å². The number of rotatable bonds is 6. The molecule has 0 radical (unpaired) electrons. The monoisotopic (exact) mass is 390 g/mol. The second kappa shape index (κ2) is 9.18. The fourth-order valence-electron chi connectivity index (χ4n) is 3.84. The Bertz CT molecular complexity index is 867. The van der Waals surface area contributed by atoms with E-state index in [-0.39, 0.29) is 5.91 Å². The minimum atomic E-state index is 0.00748. The fraction of sp³-hybridized carbons (Fsp3) is 0.292. The smallest absolute Gasteiger partial charge is 0.251 e. The lowest BCUT2D eigenvalue weighted by atomic mass is 9.95. The Kier molecular flexibility index (Phi) is 6.20. The van der Waals surface area contributed by atoms with Crippen molar-refractivity contribution >= 4 is 17.2 Å². The molecule has 1 aliphatic heterocycles. The highest BCUT2D eigenvalue weighted by Crippen LogP contribution is 2.30. The summed E-state index contributed by atoms with van der Waals surface area (Å²) in [6.07, 6.45) is 2.44. The molecule has 1 saturated heterocycles. The zero-order valence-electron chi connectivity index (χ0n) is 16.0. The second-order valence-corrected chi connectivity index (χ2v) is 8.31. The van der Waals surface area contributed by atoms with E-state index in [9.17, 15) is 4.79 Å². The van der Waals surface area contributed by atoms with Crippen molar-refractivity contribution in [3.8, 4) is 11.1 Å². The van der Waals surface area contributed by atoms with Crippen LogP contribution in [0.5, 0.6) is 0 Å². The topological polar surface area (TPSA) is 32.3 Å². The molecule has 0 unspecified atom stereocenters. The number of amides is 1.